The van der Waals surface area contributed by atoms with Gasteiger partial charge in [0.25, 0.3) is 5.91 Å². The summed E-state index contributed by atoms with van der Waals surface area (Å²) in [5.41, 5.74) is 1.20. The summed E-state index contributed by atoms with van der Waals surface area (Å²) in [4.78, 5) is 36.2. The average molecular weight is 314 g/mol. The molecule has 0 aliphatic rings. The van der Waals surface area contributed by atoms with Crippen molar-refractivity contribution < 1.29 is 23.9 Å². The van der Waals surface area contributed by atoms with E-state index in [4.69, 9.17) is 9.47 Å². The van der Waals surface area contributed by atoms with Crippen LogP contribution in [0.15, 0.2) is 12.7 Å². The zero-order valence-corrected chi connectivity index (χ0v) is 14.1. The van der Waals surface area contributed by atoms with Crippen molar-refractivity contribution in [2.75, 3.05) is 0 Å². The number of ether oxygens (including phenoxy) is 2. The smallest absolute Gasteiger partial charge is 0.436 e. The van der Waals surface area contributed by atoms with Crippen molar-refractivity contribution in [3.05, 3.63) is 12.7 Å². The van der Waals surface area contributed by atoms with Crippen LogP contribution >= 0.6 is 0 Å². The number of carbonyl (C=O) groups excluding carboxylic acids is 3. The quantitative estimate of drug-likeness (QED) is 0.623. The first-order valence-corrected chi connectivity index (χ1v) is 7.14. The summed E-state index contributed by atoms with van der Waals surface area (Å²) in [5.74, 6) is -0.612. The molecule has 22 heavy (non-hydrogen) atoms. The lowest BCUT2D eigenvalue weighted by Crippen LogP contribution is -2.55. The van der Waals surface area contributed by atoms with Gasteiger partial charge in [-0.2, -0.15) is 0 Å². The van der Waals surface area contributed by atoms with E-state index in [-0.39, 0.29) is 6.10 Å². The number of nitrogens with one attached hydrogen (secondary N) is 1. The van der Waals surface area contributed by atoms with Crippen molar-refractivity contribution in [2.45, 2.75) is 60.2 Å². The molecule has 0 aliphatic heterocycles. The number of carbonyl (C=O) groups is 3. The lowest BCUT2D eigenvalue weighted by atomic mass is 9.88. The van der Waals surface area contributed by atoms with Crippen molar-refractivity contribution in [1.29, 1.82) is 0 Å². The first-order chi connectivity index (χ1) is 10.0. The molecular weight excluding hydrogens is 288 g/mol. The molecule has 0 rings (SSSR count). The van der Waals surface area contributed by atoms with E-state index in [9.17, 15) is 14.4 Å². The number of nitrogens with zero attached hydrogens (tertiary/aromatic N) is 1. The zero-order valence-electron chi connectivity index (χ0n) is 14.1. The van der Waals surface area contributed by atoms with Crippen molar-refractivity contribution in [3.8, 4) is 0 Å². The maximum Gasteiger partial charge on any atom is 0.436 e. The average Bonchev–Trinajstić information content (AvgIpc) is 2.33. The summed E-state index contributed by atoms with van der Waals surface area (Å²) in [7, 11) is 0. The largest absolute Gasteiger partial charge is 0.446 e. The van der Waals surface area contributed by atoms with Gasteiger partial charge in [-0.1, -0.05) is 19.9 Å². The third-order valence-electron chi connectivity index (χ3n) is 2.50. The summed E-state index contributed by atoms with van der Waals surface area (Å²) in [6, 6.07) is 0. The molecule has 1 N–H and O–H groups in total. The summed E-state index contributed by atoms with van der Waals surface area (Å²) < 4.78 is 9.87. The Morgan fingerprint density at radius 2 is 1.64 bits per heavy atom. The minimum atomic E-state index is -0.960. The second-order valence-corrected chi connectivity index (χ2v) is 6.02. The van der Waals surface area contributed by atoms with Gasteiger partial charge in [0.2, 0.25) is 0 Å². The highest BCUT2D eigenvalue weighted by Crippen LogP contribution is 2.24. The second kappa shape index (κ2) is 8.41. The third-order valence-corrected chi connectivity index (χ3v) is 2.50. The Kier molecular flexibility index (Phi) is 7.62. The van der Waals surface area contributed by atoms with Gasteiger partial charge >= 0.3 is 12.2 Å². The van der Waals surface area contributed by atoms with E-state index in [0.29, 0.717) is 11.4 Å². The molecule has 0 aromatic rings. The van der Waals surface area contributed by atoms with Crippen LogP contribution in [0.2, 0.25) is 0 Å². The number of rotatable bonds is 5. The molecule has 0 aromatic carbocycles. The Bertz CT molecular complexity index is 430. The zero-order chi connectivity index (χ0) is 17.5. The highest BCUT2D eigenvalue weighted by molar-refractivity contribution is 5.96. The van der Waals surface area contributed by atoms with Gasteiger partial charge in [-0.05, 0) is 34.1 Å². The lowest BCUT2D eigenvalue weighted by Gasteiger charge is -2.29. The van der Waals surface area contributed by atoms with E-state index in [2.05, 4.69) is 12.0 Å². The van der Waals surface area contributed by atoms with Gasteiger partial charge in [0.05, 0.1) is 12.2 Å². The third kappa shape index (κ3) is 6.60. The first kappa shape index (κ1) is 19.9. The molecule has 3 amide bonds. The van der Waals surface area contributed by atoms with Crippen LogP contribution in [0.4, 0.5) is 9.59 Å². The molecule has 126 valence electrons. The van der Waals surface area contributed by atoms with Crippen LogP contribution in [-0.2, 0) is 14.3 Å². The maximum atomic E-state index is 12.5. The van der Waals surface area contributed by atoms with E-state index in [1.165, 1.54) is 0 Å². The Morgan fingerprint density at radius 1 is 1.14 bits per heavy atom. The molecule has 0 spiro atoms. The number of hydrazine groups is 1. The first-order valence-electron chi connectivity index (χ1n) is 7.14. The highest BCUT2D eigenvalue weighted by atomic mass is 16.6. The normalized spacial score (nSPS) is 11.1. The number of hydrogen-bond acceptors (Lipinski definition) is 5. The van der Waals surface area contributed by atoms with E-state index < -0.39 is 29.6 Å². The van der Waals surface area contributed by atoms with Gasteiger partial charge in [-0.15, -0.1) is 11.6 Å². The van der Waals surface area contributed by atoms with Crippen molar-refractivity contribution in [2.24, 2.45) is 5.41 Å². The molecule has 0 saturated heterocycles. The Balaban J connectivity index is 5.24. The molecule has 0 aliphatic carbocycles. The molecule has 0 bridgehead atoms. The predicted octanol–water partition coefficient (Wildman–Crippen LogP) is 3.01. The maximum absolute atomic E-state index is 12.5. The van der Waals surface area contributed by atoms with E-state index in [1.54, 1.807) is 47.6 Å². The minimum Gasteiger partial charge on any atom is -0.446 e. The van der Waals surface area contributed by atoms with Crippen LogP contribution < -0.4 is 5.43 Å². The lowest BCUT2D eigenvalue weighted by molar-refractivity contribution is -0.141. The topological polar surface area (TPSA) is 84.9 Å². The number of amides is 3. The van der Waals surface area contributed by atoms with Crippen LogP contribution in [0, 0.1) is 5.41 Å². The standard InChI is InChI=1S/C15H26N2O5/c1-8-9-15(6,7)12(18)17(14(20)22-11(4)5)16-13(19)21-10(2)3/h8,10-11H,1,9H2,2-7H3,(H,16,19). The fourth-order valence-corrected chi connectivity index (χ4v) is 1.52. The van der Waals surface area contributed by atoms with Crippen molar-refractivity contribution in [3.63, 3.8) is 0 Å². The van der Waals surface area contributed by atoms with Gasteiger partial charge in [0.15, 0.2) is 0 Å². The molecular formula is C15H26N2O5. The molecule has 0 fully saturated rings. The van der Waals surface area contributed by atoms with Crippen molar-refractivity contribution >= 4 is 18.1 Å². The number of imide groups is 1. The summed E-state index contributed by atoms with van der Waals surface area (Å²) in [6.45, 7) is 13.5. The van der Waals surface area contributed by atoms with E-state index in [0.717, 1.165) is 0 Å². The predicted molar refractivity (Wildman–Crippen MR) is 81.8 cm³/mol. The van der Waals surface area contributed by atoms with Gasteiger partial charge in [0.1, 0.15) is 0 Å². The van der Waals surface area contributed by atoms with E-state index >= 15 is 0 Å². The number of allylic oxidation sites excluding steroid dienone is 1. The van der Waals surface area contributed by atoms with Gasteiger partial charge in [0, 0.05) is 5.41 Å². The summed E-state index contributed by atoms with van der Waals surface area (Å²) in [6.07, 6.45) is -0.794. The van der Waals surface area contributed by atoms with Gasteiger partial charge in [-0.3, -0.25) is 4.79 Å². The Hall–Kier alpha value is -2.05. The minimum absolute atomic E-state index is 0.332. The Labute approximate surface area is 131 Å². The molecule has 0 aromatic heterocycles. The molecule has 0 unspecified atom stereocenters. The fourth-order valence-electron chi connectivity index (χ4n) is 1.52. The van der Waals surface area contributed by atoms with Crippen LogP contribution in [0.1, 0.15) is 48.0 Å². The van der Waals surface area contributed by atoms with Gasteiger partial charge < -0.3 is 9.47 Å². The highest BCUT2D eigenvalue weighted by Gasteiger charge is 2.37. The molecule has 7 heteroatoms. The summed E-state index contributed by atoms with van der Waals surface area (Å²) >= 11 is 0. The summed E-state index contributed by atoms with van der Waals surface area (Å²) in [5, 5.41) is 0.550. The monoisotopic (exact) mass is 314 g/mol. The van der Waals surface area contributed by atoms with Crippen molar-refractivity contribution in [1.82, 2.24) is 10.4 Å². The molecule has 0 heterocycles. The molecule has 0 saturated carbocycles. The van der Waals surface area contributed by atoms with Crippen LogP contribution in [0.3, 0.4) is 0 Å². The molecule has 7 nitrogen and oxygen atoms in total. The van der Waals surface area contributed by atoms with Crippen LogP contribution in [0.5, 0.6) is 0 Å². The molecule has 0 radical (unpaired) electrons. The fraction of sp³-hybridized carbons (Fsp3) is 0.667. The second-order valence-electron chi connectivity index (χ2n) is 6.02. The number of hydrogen-bond donors (Lipinski definition) is 1. The molecule has 0 atom stereocenters. The van der Waals surface area contributed by atoms with Crippen LogP contribution in [0.25, 0.3) is 0 Å². The van der Waals surface area contributed by atoms with Gasteiger partial charge in [-0.25, -0.2) is 15.0 Å². The SMILES string of the molecule is C=CCC(C)(C)C(=O)N(NC(=O)OC(C)C)C(=O)OC(C)C. The van der Waals surface area contributed by atoms with E-state index in [1.807, 2.05) is 0 Å². The van der Waals surface area contributed by atoms with Crippen LogP contribution in [-0.4, -0.2) is 35.3 Å². The Morgan fingerprint density at radius 3 is 2.05 bits per heavy atom.